The second-order valence-electron chi connectivity index (χ2n) is 6.05. The van der Waals surface area contributed by atoms with Gasteiger partial charge in [0, 0.05) is 6.04 Å². The van der Waals surface area contributed by atoms with Crippen molar-refractivity contribution < 1.29 is 9.13 Å². The maximum Gasteiger partial charge on any atom is 0.165 e. The van der Waals surface area contributed by atoms with Gasteiger partial charge in [0.05, 0.1) is 7.11 Å². The number of hydrogen-bond donors (Lipinski definition) is 1. The lowest BCUT2D eigenvalue weighted by atomic mass is 9.72. The fraction of sp³-hybridized carbons (Fsp3) is 0.667. The van der Waals surface area contributed by atoms with Gasteiger partial charge >= 0.3 is 0 Å². The highest BCUT2D eigenvalue weighted by Crippen LogP contribution is 2.41. The van der Waals surface area contributed by atoms with Gasteiger partial charge in [-0.3, -0.25) is 0 Å². The molecular weight excluding hydrogens is 265 g/mol. The molecule has 0 spiro atoms. The van der Waals surface area contributed by atoms with Gasteiger partial charge in [-0.2, -0.15) is 0 Å². The van der Waals surface area contributed by atoms with Crippen LogP contribution >= 0.6 is 0 Å². The molecule has 0 bridgehead atoms. The van der Waals surface area contributed by atoms with Crippen molar-refractivity contribution in [3.63, 3.8) is 0 Å². The first-order valence-electron chi connectivity index (χ1n) is 8.28. The average Bonchev–Trinajstić information content (AvgIpc) is 2.53. The fourth-order valence-electron chi connectivity index (χ4n) is 3.79. The van der Waals surface area contributed by atoms with Gasteiger partial charge in [-0.05, 0) is 42.5 Å². The number of halogens is 1. The predicted molar refractivity (Wildman–Crippen MR) is 85.1 cm³/mol. The zero-order valence-corrected chi connectivity index (χ0v) is 13.5. The molecule has 0 saturated heterocycles. The van der Waals surface area contributed by atoms with Crippen LogP contribution in [0.2, 0.25) is 0 Å². The highest BCUT2D eigenvalue weighted by atomic mass is 19.1. The molecule has 2 rings (SSSR count). The summed E-state index contributed by atoms with van der Waals surface area (Å²) in [5, 5.41) is 3.63. The average molecular weight is 293 g/mol. The number of hydrogen-bond acceptors (Lipinski definition) is 2. The van der Waals surface area contributed by atoms with E-state index in [1.165, 1.54) is 45.3 Å². The van der Waals surface area contributed by atoms with Gasteiger partial charge in [0.1, 0.15) is 0 Å². The topological polar surface area (TPSA) is 21.3 Å². The zero-order chi connectivity index (χ0) is 15.2. The molecule has 3 unspecified atom stereocenters. The number of benzene rings is 1. The summed E-state index contributed by atoms with van der Waals surface area (Å²) in [5.41, 5.74) is 1.15. The lowest BCUT2D eigenvalue weighted by molar-refractivity contribution is 0.176. The van der Waals surface area contributed by atoms with Gasteiger partial charge in [-0.1, -0.05) is 45.6 Å². The van der Waals surface area contributed by atoms with E-state index >= 15 is 0 Å². The molecule has 0 radical (unpaired) electrons. The first-order valence-corrected chi connectivity index (χ1v) is 8.28. The van der Waals surface area contributed by atoms with E-state index in [9.17, 15) is 4.39 Å². The molecule has 3 heteroatoms. The Morgan fingerprint density at radius 3 is 2.71 bits per heavy atom. The lowest BCUT2D eigenvalue weighted by Crippen LogP contribution is -2.34. The maximum absolute atomic E-state index is 13.7. The van der Waals surface area contributed by atoms with Crippen LogP contribution in [0.1, 0.15) is 57.6 Å². The van der Waals surface area contributed by atoms with E-state index in [4.69, 9.17) is 4.74 Å². The first-order chi connectivity index (χ1) is 10.2. The standard InChI is InChI=1S/C18H28FNO/c1-4-13-8-6-7-9-15(13)18(20-5-2)14-10-11-16(19)17(12-14)21-3/h10-13,15,18,20H,4-9H2,1-3H3. The summed E-state index contributed by atoms with van der Waals surface area (Å²) in [4.78, 5) is 0. The highest BCUT2D eigenvalue weighted by molar-refractivity contribution is 5.32. The van der Waals surface area contributed by atoms with Crippen LogP contribution in [-0.4, -0.2) is 13.7 Å². The molecule has 1 saturated carbocycles. The minimum atomic E-state index is -0.285. The molecule has 0 aromatic heterocycles. The number of methoxy groups -OCH3 is 1. The largest absolute Gasteiger partial charge is 0.494 e. The van der Waals surface area contributed by atoms with Crippen molar-refractivity contribution in [1.82, 2.24) is 5.32 Å². The fourth-order valence-corrected chi connectivity index (χ4v) is 3.79. The second kappa shape index (κ2) is 7.79. The van der Waals surface area contributed by atoms with E-state index in [-0.39, 0.29) is 5.82 Å². The monoisotopic (exact) mass is 293 g/mol. The second-order valence-corrected chi connectivity index (χ2v) is 6.05. The Bertz CT molecular complexity index is 449. The third-order valence-corrected chi connectivity index (χ3v) is 4.88. The van der Waals surface area contributed by atoms with Crippen molar-refractivity contribution in [1.29, 1.82) is 0 Å². The number of rotatable bonds is 6. The molecule has 0 heterocycles. The van der Waals surface area contributed by atoms with Gasteiger partial charge in [0.15, 0.2) is 11.6 Å². The Hall–Kier alpha value is -1.09. The predicted octanol–water partition coefficient (Wildman–Crippen LogP) is 4.70. The molecule has 1 N–H and O–H groups in total. The van der Waals surface area contributed by atoms with Crippen LogP contribution in [0, 0.1) is 17.7 Å². The van der Waals surface area contributed by atoms with E-state index in [2.05, 4.69) is 19.2 Å². The molecule has 0 aliphatic heterocycles. The summed E-state index contributed by atoms with van der Waals surface area (Å²) in [6.45, 7) is 5.35. The molecule has 3 atom stereocenters. The van der Waals surface area contributed by atoms with Crippen LogP contribution < -0.4 is 10.1 Å². The molecule has 118 valence electrons. The van der Waals surface area contributed by atoms with Gasteiger partial charge in [-0.25, -0.2) is 4.39 Å². The van der Waals surface area contributed by atoms with Crippen LogP contribution in [0.15, 0.2) is 18.2 Å². The van der Waals surface area contributed by atoms with Crippen molar-refractivity contribution >= 4 is 0 Å². The van der Waals surface area contributed by atoms with Crippen LogP contribution in [0.3, 0.4) is 0 Å². The lowest BCUT2D eigenvalue weighted by Gasteiger charge is -2.37. The third kappa shape index (κ3) is 3.76. The Morgan fingerprint density at radius 2 is 2.05 bits per heavy atom. The molecule has 1 fully saturated rings. The Labute approximate surface area is 128 Å². The zero-order valence-electron chi connectivity index (χ0n) is 13.5. The van der Waals surface area contributed by atoms with Crippen LogP contribution in [-0.2, 0) is 0 Å². The molecule has 21 heavy (non-hydrogen) atoms. The van der Waals surface area contributed by atoms with Crippen molar-refractivity contribution in [2.24, 2.45) is 11.8 Å². The maximum atomic E-state index is 13.7. The summed E-state index contributed by atoms with van der Waals surface area (Å²) < 4.78 is 18.8. The van der Waals surface area contributed by atoms with Crippen LogP contribution in [0.5, 0.6) is 5.75 Å². The summed E-state index contributed by atoms with van der Waals surface area (Å²) >= 11 is 0. The summed E-state index contributed by atoms with van der Waals surface area (Å²) in [6.07, 6.45) is 6.46. The molecule has 1 aromatic carbocycles. The Morgan fingerprint density at radius 1 is 1.29 bits per heavy atom. The Balaban J connectivity index is 2.28. The van der Waals surface area contributed by atoms with Crippen molar-refractivity contribution in [3.8, 4) is 5.75 Å². The first kappa shape index (κ1) is 16.3. The summed E-state index contributed by atoms with van der Waals surface area (Å²) in [6, 6.07) is 5.61. The SMILES string of the molecule is CCNC(c1ccc(F)c(OC)c1)C1CCCCC1CC. The molecule has 2 nitrogen and oxygen atoms in total. The minimum absolute atomic E-state index is 0.285. The van der Waals surface area contributed by atoms with Gasteiger partial charge < -0.3 is 10.1 Å². The number of nitrogens with one attached hydrogen (secondary N) is 1. The van der Waals surface area contributed by atoms with E-state index < -0.39 is 0 Å². The molecule has 1 aromatic rings. The van der Waals surface area contributed by atoms with Crippen LogP contribution in [0.4, 0.5) is 4.39 Å². The third-order valence-electron chi connectivity index (χ3n) is 4.88. The van der Waals surface area contributed by atoms with Crippen molar-refractivity contribution in [2.75, 3.05) is 13.7 Å². The van der Waals surface area contributed by atoms with E-state index in [1.54, 1.807) is 0 Å². The summed E-state index contributed by atoms with van der Waals surface area (Å²) in [7, 11) is 1.53. The van der Waals surface area contributed by atoms with E-state index in [0.717, 1.165) is 18.0 Å². The van der Waals surface area contributed by atoms with Gasteiger partial charge in [-0.15, -0.1) is 0 Å². The molecule has 1 aliphatic carbocycles. The Kier molecular flexibility index (Phi) is 6.04. The quantitative estimate of drug-likeness (QED) is 0.820. The van der Waals surface area contributed by atoms with Crippen molar-refractivity contribution in [2.45, 2.75) is 52.0 Å². The minimum Gasteiger partial charge on any atom is -0.494 e. The van der Waals surface area contributed by atoms with Crippen LogP contribution in [0.25, 0.3) is 0 Å². The summed E-state index contributed by atoms with van der Waals surface area (Å²) in [5.74, 6) is 1.46. The van der Waals surface area contributed by atoms with Crippen molar-refractivity contribution in [3.05, 3.63) is 29.6 Å². The molecule has 1 aliphatic rings. The van der Waals surface area contributed by atoms with E-state index in [1.807, 2.05) is 12.1 Å². The molecule has 0 amide bonds. The van der Waals surface area contributed by atoms with Gasteiger partial charge in [0.25, 0.3) is 0 Å². The smallest absolute Gasteiger partial charge is 0.165 e. The van der Waals surface area contributed by atoms with E-state index in [0.29, 0.717) is 17.7 Å². The highest BCUT2D eigenvalue weighted by Gasteiger charge is 2.31. The number of ether oxygens (including phenoxy) is 1. The van der Waals surface area contributed by atoms with Gasteiger partial charge in [0.2, 0.25) is 0 Å². The normalized spacial score (nSPS) is 23.8. The molecular formula is C18H28FNO.